The Hall–Kier alpha value is -2.80. The van der Waals surface area contributed by atoms with E-state index in [-0.39, 0.29) is 12.5 Å². The molecular weight excluding hydrogens is 398 g/mol. The highest BCUT2D eigenvalue weighted by Gasteiger charge is 2.50. The molecule has 6 nitrogen and oxygen atoms in total. The van der Waals surface area contributed by atoms with Gasteiger partial charge in [0.1, 0.15) is 12.1 Å². The standard InChI is InChI=1S/C23H27N3O3S/c1-3-14-23(15-4-2)21(28)26(22(29)25-23)16-20(27)24-18-12-8-9-13-19(18)30-17-10-6-5-7-11-17/h5-13H,3-4,14-16H2,1-2H3,(H,24,27)(H,25,29). The van der Waals surface area contributed by atoms with E-state index in [0.717, 1.165) is 27.5 Å². The minimum atomic E-state index is -0.887. The van der Waals surface area contributed by atoms with E-state index in [1.165, 1.54) is 11.8 Å². The molecule has 0 bridgehead atoms. The van der Waals surface area contributed by atoms with Crippen molar-refractivity contribution >= 4 is 35.3 Å². The minimum Gasteiger partial charge on any atom is -0.323 e. The van der Waals surface area contributed by atoms with Crippen molar-refractivity contribution in [2.24, 2.45) is 0 Å². The Morgan fingerprint density at radius 3 is 2.30 bits per heavy atom. The Bertz CT molecular complexity index is 911. The van der Waals surface area contributed by atoms with E-state index in [4.69, 9.17) is 0 Å². The second-order valence-corrected chi connectivity index (χ2v) is 8.48. The average Bonchev–Trinajstić information content (AvgIpc) is 2.95. The maximum absolute atomic E-state index is 13.0. The molecule has 1 saturated heterocycles. The molecule has 0 saturated carbocycles. The number of nitrogens with one attached hydrogen (secondary N) is 2. The highest BCUT2D eigenvalue weighted by molar-refractivity contribution is 7.99. The average molecular weight is 426 g/mol. The Morgan fingerprint density at radius 1 is 1.00 bits per heavy atom. The molecule has 158 valence electrons. The van der Waals surface area contributed by atoms with Gasteiger partial charge in [-0.2, -0.15) is 0 Å². The predicted molar refractivity (Wildman–Crippen MR) is 118 cm³/mol. The Morgan fingerprint density at radius 2 is 1.63 bits per heavy atom. The van der Waals surface area contributed by atoms with E-state index in [9.17, 15) is 14.4 Å². The Balaban J connectivity index is 1.70. The van der Waals surface area contributed by atoms with Crippen LogP contribution < -0.4 is 10.6 Å². The second kappa shape index (κ2) is 9.80. The second-order valence-electron chi connectivity index (χ2n) is 7.36. The molecular formula is C23H27N3O3S. The van der Waals surface area contributed by atoms with Crippen molar-refractivity contribution in [3.05, 3.63) is 54.6 Å². The summed E-state index contributed by atoms with van der Waals surface area (Å²) in [5.41, 5.74) is -0.237. The summed E-state index contributed by atoms with van der Waals surface area (Å²) >= 11 is 1.54. The lowest BCUT2D eigenvalue weighted by Gasteiger charge is -2.25. The van der Waals surface area contributed by atoms with Gasteiger partial charge in [0.25, 0.3) is 5.91 Å². The van der Waals surface area contributed by atoms with Crippen molar-refractivity contribution in [2.75, 3.05) is 11.9 Å². The van der Waals surface area contributed by atoms with E-state index in [2.05, 4.69) is 10.6 Å². The fourth-order valence-corrected chi connectivity index (χ4v) is 4.67. The van der Waals surface area contributed by atoms with Crippen molar-refractivity contribution in [2.45, 2.75) is 54.9 Å². The molecule has 2 N–H and O–H groups in total. The first-order valence-electron chi connectivity index (χ1n) is 10.2. The van der Waals surface area contributed by atoms with Crippen LogP contribution in [0.15, 0.2) is 64.4 Å². The Kier molecular flexibility index (Phi) is 7.15. The number of amides is 4. The molecule has 1 fully saturated rings. The highest BCUT2D eigenvalue weighted by Crippen LogP contribution is 2.33. The maximum atomic E-state index is 13.0. The lowest BCUT2D eigenvalue weighted by molar-refractivity contribution is -0.134. The number of para-hydroxylation sites is 1. The lowest BCUT2D eigenvalue weighted by Crippen LogP contribution is -2.47. The zero-order valence-corrected chi connectivity index (χ0v) is 18.1. The fourth-order valence-electron chi connectivity index (χ4n) is 3.74. The van der Waals surface area contributed by atoms with Gasteiger partial charge in [-0.05, 0) is 37.1 Å². The van der Waals surface area contributed by atoms with Crippen LogP contribution in [-0.2, 0) is 9.59 Å². The molecule has 7 heteroatoms. The molecule has 3 rings (SSSR count). The smallest absolute Gasteiger partial charge is 0.323 e. The third-order valence-corrected chi connectivity index (χ3v) is 6.12. The fraction of sp³-hybridized carbons (Fsp3) is 0.348. The van der Waals surface area contributed by atoms with Crippen LogP contribution in [0.5, 0.6) is 0 Å². The zero-order valence-electron chi connectivity index (χ0n) is 17.3. The minimum absolute atomic E-state index is 0.301. The van der Waals surface area contributed by atoms with Gasteiger partial charge in [0.05, 0.1) is 5.69 Å². The van der Waals surface area contributed by atoms with E-state index < -0.39 is 17.5 Å². The van der Waals surface area contributed by atoms with E-state index >= 15 is 0 Å². The lowest BCUT2D eigenvalue weighted by atomic mass is 9.88. The van der Waals surface area contributed by atoms with E-state index in [1.807, 2.05) is 68.4 Å². The van der Waals surface area contributed by atoms with Crippen molar-refractivity contribution in [3.63, 3.8) is 0 Å². The number of carbonyl (C=O) groups excluding carboxylic acids is 3. The van der Waals surface area contributed by atoms with Gasteiger partial charge < -0.3 is 10.6 Å². The van der Waals surface area contributed by atoms with Gasteiger partial charge in [0, 0.05) is 9.79 Å². The van der Waals surface area contributed by atoms with Gasteiger partial charge in [0.15, 0.2) is 0 Å². The molecule has 0 spiro atoms. The molecule has 1 aliphatic rings. The zero-order chi connectivity index (χ0) is 21.6. The van der Waals surface area contributed by atoms with E-state index in [0.29, 0.717) is 18.5 Å². The Labute approximate surface area is 181 Å². The van der Waals surface area contributed by atoms with Crippen molar-refractivity contribution in [1.29, 1.82) is 0 Å². The SMILES string of the molecule is CCCC1(CCC)NC(=O)N(CC(=O)Nc2ccccc2Sc2ccccc2)C1=O. The van der Waals surface area contributed by atoms with E-state index in [1.54, 1.807) is 0 Å². The molecule has 0 unspecified atom stereocenters. The number of nitrogens with zero attached hydrogens (tertiary/aromatic N) is 1. The molecule has 0 radical (unpaired) electrons. The molecule has 0 aliphatic carbocycles. The van der Waals surface area contributed by atoms with Crippen LogP contribution >= 0.6 is 11.8 Å². The molecule has 4 amide bonds. The number of rotatable bonds is 9. The summed E-state index contributed by atoms with van der Waals surface area (Å²) in [5.74, 6) is -0.707. The number of hydrogen-bond donors (Lipinski definition) is 2. The van der Waals surface area contributed by atoms with Gasteiger partial charge in [0.2, 0.25) is 5.91 Å². The number of hydrogen-bond acceptors (Lipinski definition) is 4. The summed E-state index contributed by atoms with van der Waals surface area (Å²) < 4.78 is 0. The highest BCUT2D eigenvalue weighted by atomic mass is 32.2. The van der Waals surface area contributed by atoms with Crippen LogP contribution in [-0.4, -0.2) is 34.8 Å². The van der Waals surface area contributed by atoms with Gasteiger partial charge in [-0.3, -0.25) is 14.5 Å². The summed E-state index contributed by atoms with van der Waals surface area (Å²) in [6, 6.07) is 16.8. The van der Waals surface area contributed by atoms with Crippen molar-refractivity contribution < 1.29 is 14.4 Å². The van der Waals surface area contributed by atoms with Gasteiger partial charge >= 0.3 is 6.03 Å². The van der Waals surface area contributed by atoms with Crippen LogP contribution in [0.4, 0.5) is 10.5 Å². The predicted octanol–water partition coefficient (Wildman–Crippen LogP) is 4.67. The summed E-state index contributed by atoms with van der Waals surface area (Å²) in [4.78, 5) is 41.1. The van der Waals surface area contributed by atoms with Gasteiger partial charge in [-0.1, -0.05) is 68.8 Å². The van der Waals surface area contributed by atoms with Crippen molar-refractivity contribution in [1.82, 2.24) is 10.2 Å². The number of benzene rings is 2. The molecule has 0 aromatic heterocycles. The quantitative estimate of drug-likeness (QED) is 0.573. The largest absolute Gasteiger partial charge is 0.325 e. The summed E-state index contributed by atoms with van der Waals surface area (Å²) in [6.45, 7) is 3.66. The summed E-state index contributed by atoms with van der Waals surface area (Å²) in [5, 5.41) is 5.69. The van der Waals surface area contributed by atoms with Crippen LogP contribution in [0.25, 0.3) is 0 Å². The van der Waals surface area contributed by atoms with Gasteiger partial charge in [-0.15, -0.1) is 0 Å². The molecule has 2 aromatic carbocycles. The molecule has 2 aromatic rings. The first kappa shape index (κ1) is 21.9. The van der Waals surface area contributed by atoms with Crippen molar-refractivity contribution in [3.8, 4) is 0 Å². The van der Waals surface area contributed by atoms with Gasteiger partial charge in [-0.25, -0.2) is 4.79 Å². The van der Waals surface area contributed by atoms with Crippen LogP contribution in [0.3, 0.4) is 0 Å². The van der Waals surface area contributed by atoms with Crippen LogP contribution in [0.1, 0.15) is 39.5 Å². The number of imide groups is 1. The molecule has 1 aliphatic heterocycles. The normalized spacial score (nSPS) is 15.2. The maximum Gasteiger partial charge on any atom is 0.325 e. The topological polar surface area (TPSA) is 78.5 Å². The monoisotopic (exact) mass is 425 g/mol. The molecule has 30 heavy (non-hydrogen) atoms. The van der Waals surface area contributed by atoms with Crippen LogP contribution in [0.2, 0.25) is 0 Å². The first-order valence-corrected chi connectivity index (χ1v) is 11.1. The number of anilines is 1. The molecule has 0 atom stereocenters. The summed E-state index contributed by atoms with van der Waals surface area (Å²) in [6.07, 6.45) is 2.69. The number of urea groups is 1. The number of carbonyl (C=O) groups is 3. The molecule has 1 heterocycles. The van der Waals surface area contributed by atoms with Crippen LogP contribution in [0, 0.1) is 0 Å². The summed E-state index contributed by atoms with van der Waals surface area (Å²) in [7, 11) is 0. The third-order valence-electron chi connectivity index (χ3n) is 5.03. The third kappa shape index (κ3) is 4.84. The first-order chi connectivity index (χ1) is 14.5.